The highest BCUT2D eigenvalue weighted by Gasteiger charge is 2.43. The Balaban J connectivity index is 1.81. The van der Waals surface area contributed by atoms with Crippen LogP contribution in [0, 0.1) is 5.92 Å². The zero-order valence-corrected chi connectivity index (χ0v) is 14.0. The molecule has 2 atom stereocenters. The number of ether oxygens (including phenoxy) is 1. The summed E-state index contributed by atoms with van der Waals surface area (Å²) in [7, 11) is 3.34. The zero-order valence-electron chi connectivity index (χ0n) is 14.0. The standard InChI is InChI=1S/C17H19N7O/c1-20-8-9(7-18)11-6-12(11)15-22-16-10-4-3-5-13(25-2)14(10)21-17(19)24(16)23-15/h3-5,7-8,11-12H,6,18H2,1-2H3,(H2,19,21). The number of aromatic nitrogens is 4. The van der Waals surface area contributed by atoms with Crippen molar-refractivity contribution < 1.29 is 4.74 Å². The number of para-hydroxylation sites is 1. The van der Waals surface area contributed by atoms with Gasteiger partial charge >= 0.3 is 0 Å². The van der Waals surface area contributed by atoms with Crippen LogP contribution >= 0.6 is 0 Å². The van der Waals surface area contributed by atoms with Crippen molar-refractivity contribution in [2.24, 2.45) is 16.6 Å². The number of fused-ring (bicyclic) bond motifs is 3. The number of aliphatic imine (C=N–C) groups is 1. The molecule has 0 amide bonds. The summed E-state index contributed by atoms with van der Waals surface area (Å²) in [5.41, 5.74) is 14.2. The van der Waals surface area contributed by atoms with Gasteiger partial charge in [0.05, 0.1) is 7.11 Å². The molecule has 1 aromatic carbocycles. The van der Waals surface area contributed by atoms with E-state index in [0.29, 0.717) is 22.8 Å². The molecule has 0 aliphatic heterocycles. The summed E-state index contributed by atoms with van der Waals surface area (Å²) in [5, 5.41) is 5.43. The van der Waals surface area contributed by atoms with Gasteiger partial charge in [0, 0.05) is 24.6 Å². The number of nitrogen functional groups attached to an aromatic ring is 1. The maximum Gasteiger partial charge on any atom is 0.223 e. The van der Waals surface area contributed by atoms with Crippen LogP contribution in [0.4, 0.5) is 5.95 Å². The summed E-state index contributed by atoms with van der Waals surface area (Å²) < 4.78 is 6.97. The van der Waals surface area contributed by atoms with E-state index in [1.54, 1.807) is 31.1 Å². The van der Waals surface area contributed by atoms with Gasteiger partial charge in [-0.05, 0) is 36.2 Å². The molecular weight excluding hydrogens is 318 g/mol. The lowest BCUT2D eigenvalue weighted by Gasteiger charge is -2.06. The predicted molar refractivity (Wildman–Crippen MR) is 96.8 cm³/mol. The van der Waals surface area contributed by atoms with Gasteiger partial charge in [-0.3, -0.25) is 4.99 Å². The van der Waals surface area contributed by atoms with Crippen LogP contribution in [0.1, 0.15) is 18.2 Å². The van der Waals surface area contributed by atoms with Crippen LogP contribution in [-0.4, -0.2) is 40.0 Å². The molecule has 4 N–H and O–H groups in total. The molecule has 0 spiro atoms. The fourth-order valence-corrected chi connectivity index (χ4v) is 3.22. The first-order valence-corrected chi connectivity index (χ1v) is 8.00. The van der Waals surface area contributed by atoms with E-state index < -0.39 is 0 Å². The number of methoxy groups -OCH3 is 1. The maximum absolute atomic E-state index is 6.09. The van der Waals surface area contributed by atoms with E-state index in [0.717, 1.165) is 23.2 Å². The van der Waals surface area contributed by atoms with Gasteiger partial charge in [-0.2, -0.15) is 4.52 Å². The third-order valence-electron chi connectivity index (χ3n) is 4.55. The van der Waals surface area contributed by atoms with Crippen LogP contribution in [0.5, 0.6) is 5.75 Å². The topological polar surface area (TPSA) is 117 Å². The lowest BCUT2D eigenvalue weighted by atomic mass is 10.1. The SMILES string of the molecule is CN=CC(=CN)C1CC1c1nc2c3cccc(OC)c3nc(N)n2n1. The molecule has 2 heterocycles. The van der Waals surface area contributed by atoms with Crippen molar-refractivity contribution in [1.29, 1.82) is 0 Å². The summed E-state index contributed by atoms with van der Waals surface area (Å²) in [6.45, 7) is 0. The zero-order chi connectivity index (χ0) is 17.6. The lowest BCUT2D eigenvalue weighted by Crippen LogP contribution is -2.03. The van der Waals surface area contributed by atoms with Crippen molar-refractivity contribution in [2.75, 3.05) is 19.9 Å². The molecular formula is C17H19N7O. The number of allylic oxidation sites excluding steroid dienone is 1. The fraction of sp³-hybridized carbons (Fsp3) is 0.294. The van der Waals surface area contributed by atoms with Crippen LogP contribution < -0.4 is 16.2 Å². The number of benzene rings is 1. The second-order valence-corrected chi connectivity index (χ2v) is 6.03. The molecule has 2 unspecified atom stereocenters. The van der Waals surface area contributed by atoms with Crippen molar-refractivity contribution in [3.05, 3.63) is 35.8 Å². The normalized spacial score (nSPS) is 20.6. The van der Waals surface area contributed by atoms with E-state index in [1.807, 2.05) is 18.2 Å². The molecule has 1 aliphatic carbocycles. The Bertz CT molecular complexity index is 1020. The molecule has 1 saturated carbocycles. The molecule has 2 aromatic heterocycles. The van der Waals surface area contributed by atoms with E-state index in [9.17, 15) is 0 Å². The van der Waals surface area contributed by atoms with Crippen LogP contribution in [0.25, 0.3) is 16.6 Å². The van der Waals surface area contributed by atoms with Gasteiger partial charge in [0.1, 0.15) is 11.3 Å². The lowest BCUT2D eigenvalue weighted by molar-refractivity contribution is 0.419. The molecule has 0 saturated heterocycles. The minimum atomic E-state index is 0.216. The third kappa shape index (κ3) is 2.37. The fourth-order valence-electron chi connectivity index (χ4n) is 3.22. The molecule has 0 radical (unpaired) electrons. The smallest absolute Gasteiger partial charge is 0.223 e. The number of anilines is 1. The summed E-state index contributed by atoms with van der Waals surface area (Å²) in [5.74, 6) is 2.20. The Morgan fingerprint density at radius 2 is 2.24 bits per heavy atom. The average Bonchev–Trinajstić information content (AvgIpc) is 3.28. The van der Waals surface area contributed by atoms with Crippen LogP contribution in [0.15, 0.2) is 35.0 Å². The molecule has 1 aliphatic rings. The van der Waals surface area contributed by atoms with Gasteiger partial charge < -0.3 is 16.2 Å². The van der Waals surface area contributed by atoms with Crippen molar-refractivity contribution in [3.63, 3.8) is 0 Å². The predicted octanol–water partition coefficient (Wildman–Crippen LogP) is 1.51. The minimum Gasteiger partial charge on any atom is -0.494 e. The summed E-state index contributed by atoms with van der Waals surface area (Å²) in [6.07, 6.45) is 4.33. The van der Waals surface area contributed by atoms with E-state index in [-0.39, 0.29) is 11.9 Å². The van der Waals surface area contributed by atoms with Crippen LogP contribution in [0.2, 0.25) is 0 Å². The van der Waals surface area contributed by atoms with Gasteiger partial charge in [-0.1, -0.05) is 6.07 Å². The molecule has 8 heteroatoms. The molecule has 3 aromatic rings. The first-order valence-electron chi connectivity index (χ1n) is 8.00. The summed E-state index contributed by atoms with van der Waals surface area (Å²) in [4.78, 5) is 13.2. The van der Waals surface area contributed by atoms with Gasteiger partial charge in [-0.25, -0.2) is 9.97 Å². The van der Waals surface area contributed by atoms with E-state index in [2.05, 4.69) is 15.1 Å². The Morgan fingerprint density at radius 3 is 2.96 bits per heavy atom. The Morgan fingerprint density at radius 1 is 1.40 bits per heavy atom. The van der Waals surface area contributed by atoms with Gasteiger partial charge in [-0.15, -0.1) is 5.10 Å². The van der Waals surface area contributed by atoms with Crippen LogP contribution in [-0.2, 0) is 0 Å². The summed E-state index contributed by atoms with van der Waals surface area (Å²) >= 11 is 0. The first-order chi connectivity index (χ1) is 12.2. The minimum absolute atomic E-state index is 0.216. The number of hydrogen-bond acceptors (Lipinski definition) is 7. The van der Waals surface area contributed by atoms with Crippen molar-refractivity contribution >= 4 is 28.7 Å². The Labute approximate surface area is 144 Å². The highest BCUT2D eigenvalue weighted by atomic mass is 16.5. The van der Waals surface area contributed by atoms with Gasteiger partial charge in [0.2, 0.25) is 5.95 Å². The first kappa shape index (κ1) is 15.4. The average molecular weight is 337 g/mol. The molecule has 4 rings (SSSR count). The van der Waals surface area contributed by atoms with Crippen molar-refractivity contribution in [1.82, 2.24) is 19.6 Å². The van der Waals surface area contributed by atoms with Crippen molar-refractivity contribution in [3.8, 4) is 5.75 Å². The highest BCUT2D eigenvalue weighted by molar-refractivity contribution is 5.95. The molecule has 1 fully saturated rings. The largest absolute Gasteiger partial charge is 0.494 e. The van der Waals surface area contributed by atoms with E-state index in [1.165, 1.54) is 0 Å². The van der Waals surface area contributed by atoms with Crippen LogP contribution in [0.3, 0.4) is 0 Å². The molecule has 0 bridgehead atoms. The monoisotopic (exact) mass is 337 g/mol. The second kappa shape index (κ2) is 5.73. The number of hydrogen-bond donors (Lipinski definition) is 2. The molecule has 128 valence electrons. The third-order valence-corrected chi connectivity index (χ3v) is 4.55. The van der Waals surface area contributed by atoms with Crippen molar-refractivity contribution in [2.45, 2.75) is 12.3 Å². The van der Waals surface area contributed by atoms with Gasteiger partial charge in [0.15, 0.2) is 11.5 Å². The molecule has 8 nitrogen and oxygen atoms in total. The van der Waals surface area contributed by atoms with Gasteiger partial charge in [0.25, 0.3) is 0 Å². The second-order valence-electron chi connectivity index (χ2n) is 6.03. The Hall–Kier alpha value is -3.16. The quantitative estimate of drug-likeness (QED) is 0.697. The highest BCUT2D eigenvalue weighted by Crippen LogP contribution is 2.50. The van der Waals surface area contributed by atoms with E-state index >= 15 is 0 Å². The summed E-state index contributed by atoms with van der Waals surface area (Å²) in [6, 6.07) is 5.69. The number of rotatable bonds is 4. The van der Waals surface area contributed by atoms with E-state index in [4.69, 9.17) is 21.2 Å². The Kier molecular flexibility index (Phi) is 3.52. The number of nitrogens with zero attached hydrogens (tertiary/aromatic N) is 5. The maximum atomic E-state index is 6.09. The molecule has 25 heavy (non-hydrogen) atoms. The number of nitrogens with two attached hydrogens (primary N) is 2.